The zero-order valence-electron chi connectivity index (χ0n) is 13.0. The third-order valence-corrected chi connectivity index (χ3v) is 5.25. The van der Waals surface area contributed by atoms with Gasteiger partial charge in [-0.1, -0.05) is 6.42 Å². The summed E-state index contributed by atoms with van der Waals surface area (Å²) in [7, 11) is 0. The van der Waals surface area contributed by atoms with Gasteiger partial charge in [0, 0.05) is 25.2 Å². The zero-order valence-corrected chi connectivity index (χ0v) is 13.0. The molecule has 1 aliphatic heterocycles. The molecule has 0 amide bonds. The SMILES string of the molecule is CC(NC1C2CCCC1CN(C(C)C)C2)c1ccco1. The minimum absolute atomic E-state index is 0.323. The first-order chi connectivity index (χ1) is 9.65. The molecule has 20 heavy (non-hydrogen) atoms. The Morgan fingerprint density at radius 1 is 1.20 bits per heavy atom. The highest BCUT2D eigenvalue weighted by atomic mass is 16.3. The fourth-order valence-corrected chi connectivity index (χ4v) is 4.08. The van der Waals surface area contributed by atoms with E-state index in [0.717, 1.165) is 17.6 Å². The van der Waals surface area contributed by atoms with Gasteiger partial charge in [-0.15, -0.1) is 0 Å². The molecule has 1 saturated heterocycles. The molecule has 2 fully saturated rings. The number of likely N-dealkylation sites (tertiary alicyclic amines) is 1. The molecule has 0 aromatic carbocycles. The number of nitrogens with one attached hydrogen (secondary N) is 1. The molecular formula is C17H28N2O. The van der Waals surface area contributed by atoms with Gasteiger partial charge in [0.1, 0.15) is 5.76 Å². The lowest BCUT2D eigenvalue weighted by molar-refractivity contribution is 0.0247. The van der Waals surface area contributed by atoms with Gasteiger partial charge in [-0.3, -0.25) is 0 Å². The molecule has 1 aliphatic carbocycles. The highest BCUT2D eigenvalue weighted by molar-refractivity contribution is 5.05. The monoisotopic (exact) mass is 276 g/mol. The van der Waals surface area contributed by atoms with Gasteiger partial charge in [0.25, 0.3) is 0 Å². The molecule has 3 unspecified atom stereocenters. The second kappa shape index (κ2) is 5.90. The van der Waals surface area contributed by atoms with Gasteiger partial charge in [0.05, 0.1) is 12.3 Å². The second-order valence-electron chi connectivity index (χ2n) is 6.93. The van der Waals surface area contributed by atoms with Gasteiger partial charge in [-0.05, 0) is 57.6 Å². The molecule has 1 saturated carbocycles. The number of hydrogen-bond donors (Lipinski definition) is 1. The van der Waals surface area contributed by atoms with E-state index in [1.807, 2.05) is 6.07 Å². The zero-order chi connectivity index (χ0) is 14.1. The predicted octanol–water partition coefficient (Wildman–Crippen LogP) is 3.44. The van der Waals surface area contributed by atoms with Gasteiger partial charge in [-0.2, -0.15) is 0 Å². The smallest absolute Gasteiger partial charge is 0.120 e. The van der Waals surface area contributed by atoms with Crippen molar-refractivity contribution in [2.45, 2.75) is 58.2 Å². The molecule has 112 valence electrons. The van der Waals surface area contributed by atoms with Crippen LogP contribution in [0.3, 0.4) is 0 Å². The average Bonchev–Trinajstić information content (AvgIpc) is 2.91. The molecule has 1 aromatic rings. The molecular weight excluding hydrogens is 248 g/mol. The maximum Gasteiger partial charge on any atom is 0.120 e. The van der Waals surface area contributed by atoms with Crippen LogP contribution in [0.2, 0.25) is 0 Å². The first kappa shape index (κ1) is 14.2. The van der Waals surface area contributed by atoms with Gasteiger partial charge >= 0.3 is 0 Å². The average molecular weight is 276 g/mol. The van der Waals surface area contributed by atoms with E-state index < -0.39 is 0 Å². The largest absolute Gasteiger partial charge is 0.468 e. The lowest BCUT2D eigenvalue weighted by Gasteiger charge is -2.49. The quantitative estimate of drug-likeness (QED) is 0.913. The Morgan fingerprint density at radius 2 is 1.90 bits per heavy atom. The fraction of sp³-hybridized carbons (Fsp3) is 0.765. The van der Waals surface area contributed by atoms with E-state index in [1.165, 1.54) is 32.4 Å². The van der Waals surface area contributed by atoms with E-state index in [9.17, 15) is 0 Å². The van der Waals surface area contributed by atoms with Crippen LogP contribution in [0, 0.1) is 11.8 Å². The molecule has 0 radical (unpaired) electrons. The highest BCUT2D eigenvalue weighted by Crippen LogP contribution is 2.36. The van der Waals surface area contributed by atoms with Crippen molar-refractivity contribution in [1.29, 1.82) is 0 Å². The Kier molecular flexibility index (Phi) is 4.18. The maximum atomic E-state index is 5.55. The van der Waals surface area contributed by atoms with E-state index in [-0.39, 0.29) is 0 Å². The van der Waals surface area contributed by atoms with E-state index in [1.54, 1.807) is 6.26 Å². The molecule has 2 bridgehead atoms. The minimum atomic E-state index is 0.323. The number of rotatable bonds is 4. The summed E-state index contributed by atoms with van der Waals surface area (Å²) < 4.78 is 5.55. The van der Waals surface area contributed by atoms with Crippen LogP contribution in [0.15, 0.2) is 22.8 Å². The molecule has 2 aliphatic rings. The summed E-state index contributed by atoms with van der Waals surface area (Å²) in [6, 6.07) is 5.73. The Hall–Kier alpha value is -0.800. The van der Waals surface area contributed by atoms with Gasteiger partial charge < -0.3 is 14.6 Å². The summed E-state index contributed by atoms with van der Waals surface area (Å²) in [5, 5.41) is 3.86. The number of furan rings is 1. The topological polar surface area (TPSA) is 28.4 Å². The third kappa shape index (κ3) is 2.79. The highest BCUT2D eigenvalue weighted by Gasteiger charge is 2.40. The number of fused-ring (bicyclic) bond motifs is 2. The Morgan fingerprint density at radius 3 is 2.45 bits per heavy atom. The third-order valence-electron chi connectivity index (χ3n) is 5.25. The van der Waals surface area contributed by atoms with Crippen LogP contribution < -0.4 is 5.32 Å². The standard InChI is InChI=1S/C17H28N2O/c1-12(2)19-10-14-6-4-7-15(11-19)17(14)18-13(3)16-8-5-9-20-16/h5,8-9,12-15,17-18H,4,6-7,10-11H2,1-3H3. The van der Waals surface area contributed by atoms with Crippen molar-refractivity contribution in [3.05, 3.63) is 24.2 Å². The summed E-state index contributed by atoms with van der Waals surface area (Å²) in [4.78, 5) is 2.67. The first-order valence-corrected chi connectivity index (χ1v) is 8.18. The van der Waals surface area contributed by atoms with E-state index >= 15 is 0 Å². The van der Waals surface area contributed by atoms with E-state index in [2.05, 4.69) is 37.1 Å². The van der Waals surface area contributed by atoms with E-state index in [0.29, 0.717) is 18.1 Å². The van der Waals surface area contributed by atoms with Crippen LogP contribution in [0.25, 0.3) is 0 Å². The molecule has 0 spiro atoms. The Bertz CT molecular complexity index is 401. The molecule has 3 heteroatoms. The van der Waals surface area contributed by atoms with Crippen molar-refractivity contribution >= 4 is 0 Å². The van der Waals surface area contributed by atoms with Crippen LogP contribution in [-0.4, -0.2) is 30.1 Å². The van der Waals surface area contributed by atoms with E-state index in [4.69, 9.17) is 4.42 Å². The van der Waals surface area contributed by atoms with Crippen molar-refractivity contribution in [2.24, 2.45) is 11.8 Å². The normalized spacial score (nSPS) is 32.5. The van der Waals surface area contributed by atoms with Crippen molar-refractivity contribution in [3.63, 3.8) is 0 Å². The lowest BCUT2D eigenvalue weighted by Crippen LogP contribution is -2.58. The second-order valence-corrected chi connectivity index (χ2v) is 6.93. The first-order valence-electron chi connectivity index (χ1n) is 8.18. The summed E-state index contributed by atoms with van der Waals surface area (Å²) in [6.07, 6.45) is 5.94. The number of hydrogen-bond acceptors (Lipinski definition) is 3. The molecule has 3 nitrogen and oxygen atoms in total. The molecule has 3 rings (SSSR count). The fourth-order valence-electron chi connectivity index (χ4n) is 4.08. The summed E-state index contributed by atoms with van der Waals surface area (Å²) >= 11 is 0. The van der Waals surface area contributed by atoms with Gasteiger partial charge in [-0.25, -0.2) is 0 Å². The maximum absolute atomic E-state index is 5.55. The van der Waals surface area contributed by atoms with Crippen molar-refractivity contribution < 1.29 is 4.42 Å². The number of piperidine rings is 1. The van der Waals surface area contributed by atoms with Gasteiger partial charge in [0.2, 0.25) is 0 Å². The summed E-state index contributed by atoms with van der Waals surface area (Å²) in [6.45, 7) is 9.40. The van der Waals surface area contributed by atoms with Crippen molar-refractivity contribution in [3.8, 4) is 0 Å². The molecule has 1 N–H and O–H groups in total. The molecule has 1 aromatic heterocycles. The predicted molar refractivity (Wildman–Crippen MR) is 81.6 cm³/mol. The lowest BCUT2D eigenvalue weighted by atomic mass is 9.73. The van der Waals surface area contributed by atoms with Crippen LogP contribution in [0.4, 0.5) is 0 Å². The molecule has 2 heterocycles. The Balaban J connectivity index is 1.67. The molecule has 3 atom stereocenters. The summed E-state index contributed by atoms with van der Waals surface area (Å²) in [5.41, 5.74) is 0. The van der Waals surface area contributed by atoms with Crippen molar-refractivity contribution in [2.75, 3.05) is 13.1 Å². The van der Waals surface area contributed by atoms with Crippen molar-refractivity contribution in [1.82, 2.24) is 10.2 Å². The van der Waals surface area contributed by atoms with Gasteiger partial charge in [0.15, 0.2) is 0 Å². The summed E-state index contributed by atoms with van der Waals surface area (Å²) in [5.74, 6) is 2.68. The van der Waals surface area contributed by atoms with Crippen LogP contribution >= 0.6 is 0 Å². The number of nitrogens with zero attached hydrogens (tertiary/aromatic N) is 1. The van der Waals surface area contributed by atoms with Crippen LogP contribution in [-0.2, 0) is 0 Å². The minimum Gasteiger partial charge on any atom is -0.468 e. The van der Waals surface area contributed by atoms with Crippen LogP contribution in [0.1, 0.15) is 51.8 Å². The van der Waals surface area contributed by atoms with Crippen LogP contribution in [0.5, 0.6) is 0 Å². The Labute approximate surface area is 122 Å².